The van der Waals surface area contributed by atoms with E-state index in [1.165, 1.54) is 5.56 Å². The van der Waals surface area contributed by atoms with E-state index in [4.69, 9.17) is 4.74 Å². The summed E-state index contributed by atoms with van der Waals surface area (Å²) in [5, 5.41) is 7.70. The Labute approximate surface area is 118 Å². The highest BCUT2D eigenvalue weighted by Gasteiger charge is 2.05. The summed E-state index contributed by atoms with van der Waals surface area (Å²) in [5.74, 6) is 0.962. The molecule has 0 saturated heterocycles. The first-order valence-electron chi connectivity index (χ1n) is 6.57. The van der Waals surface area contributed by atoms with Gasteiger partial charge in [-0.3, -0.25) is 0 Å². The second-order valence-electron chi connectivity index (χ2n) is 4.55. The van der Waals surface area contributed by atoms with Crippen molar-refractivity contribution in [1.82, 2.24) is 9.55 Å². The van der Waals surface area contributed by atoms with Crippen LogP contribution in [0.15, 0.2) is 23.0 Å². The van der Waals surface area contributed by atoms with E-state index in [9.17, 15) is 0 Å². The van der Waals surface area contributed by atoms with E-state index in [1.54, 1.807) is 18.4 Å². The Balaban J connectivity index is 1.88. The fourth-order valence-electron chi connectivity index (χ4n) is 1.96. The van der Waals surface area contributed by atoms with E-state index in [0.29, 0.717) is 0 Å². The van der Waals surface area contributed by atoms with Crippen molar-refractivity contribution in [3.63, 3.8) is 0 Å². The van der Waals surface area contributed by atoms with Crippen molar-refractivity contribution >= 4 is 17.3 Å². The summed E-state index contributed by atoms with van der Waals surface area (Å²) in [6.07, 6.45) is 4.14. The van der Waals surface area contributed by atoms with Crippen molar-refractivity contribution in [3.8, 4) is 0 Å². The van der Waals surface area contributed by atoms with E-state index in [2.05, 4.69) is 37.9 Å². The molecule has 2 rings (SSSR count). The fraction of sp³-hybridized carbons (Fsp3) is 0.500. The molecule has 0 radical (unpaired) electrons. The highest BCUT2D eigenvalue weighted by Crippen LogP contribution is 2.12. The zero-order valence-electron chi connectivity index (χ0n) is 11.6. The molecule has 0 fully saturated rings. The van der Waals surface area contributed by atoms with E-state index in [0.717, 1.165) is 44.2 Å². The van der Waals surface area contributed by atoms with Crippen LogP contribution < -0.4 is 5.32 Å². The average Bonchev–Trinajstić information content (AvgIpc) is 3.02. The van der Waals surface area contributed by atoms with Gasteiger partial charge in [-0.05, 0) is 42.2 Å². The van der Waals surface area contributed by atoms with Crippen molar-refractivity contribution in [3.05, 3.63) is 34.3 Å². The standard InChI is InChI=1S/C14H21N3OS/c1-12-10-17(7-4-13-5-9-19-11-13)14(16-12)15-6-3-8-18-2/h5,9-11H,3-4,6-8H2,1-2H3,(H,15,16). The first-order chi connectivity index (χ1) is 9.29. The summed E-state index contributed by atoms with van der Waals surface area (Å²) in [4.78, 5) is 4.52. The summed E-state index contributed by atoms with van der Waals surface area (Å²) in [5.41, 5.74) is 2.45. The van der Waals surface area contributed by atoms with Crippen LogP contribution in [-0.2, 0) is 17.7 Å². The first kappa shape index (κ1) is 14.1. The van der Waals surface area contributed by atoms with Crippen LogP contribution in [-0.4, -0.2) is 29.8 Å². The molecule has 0 spiro atoms. The summed E-state index contributed by atoms with van der Waals surface area (Å²) in [6, 6.07) is 2.18. The number of anilines is 1. The lowest BCUT2D eigenvalue weighted by Crippen LogP contribution is -2.11. The molecule has 19 heavy (non-hydrogen) atoms. The molecule has 5 heteroatoms. The maximum absolute atomic E-state index is 5.05. The Morgan fingerprint density at radius 2 is 2.37 bits per heavy atom. The Morgan fingerprint density at radius 1 is 1.47 bits per heavy atom. The van der Waals surface area contributed by atoms with Crippen molar-refractivity contribution in [1.29, 1.82) is 0 Å². The van der Waals surface area contributed by atoms with E-state index in [1.807, 2.05) is 6.92 Å². The van der Waals surface area contributed by atoms with Gasteiger partial charge in [0.1, 0.15) is 0 Å². The SMILES string of the molecule is COCCCNc1nc(C)cn1CCc1ccsc1. The Kier molecular flexibility index (Phi) is 5.42. The van der Waals surface area contributed by atoms with Gasteiger partial charge in [-0.25, -0.2) is 4.98 Å². The largest absolute Gasteiger partial charge is 0.385 e. The molecule has 1 N–H and O–H groups in total. The van der Waals surface area contributed by atoms with Gasteiger partial charge >= 0.3 is 0 Å². The third-order valence-corrected chi connectivity index (χ3v) is 3.66. The predicted octanol–water partition coefficient (Wildman–Crippen LogP) is 2.94. The van der Waals surface area contributed by atoms with Crippen LogP contribution in [0, 0.1) is 6.92 Å². The predicted molar refractivity (Wildman–Crippen MR) is 80.0 cm³/mol. The minimum absolute atomic E-state index is 0.779. The number of hydrogen-bond acceptors (Lipinski definition) is 4. The van der Waals surface area contributed by atoms with Gasteiger partial charge in [-0.15, -0.1) is 0 Å². The molecule has 2 aromatic rings. The maximum Gasteiger partial charge on any atom is 0.203 e. The van der Waals surface area contributed by atoms with Gasteiger partial charge in [0.2, 0.25) is 5.95 Å². The second kappa shape index (κ2) is 7.31. The molecule has 0 bridgehead atoms. The van der Waals surface area contributed by atoms with E-state index >= 15 is 0 Å². The molecule has 0 saturated carbocycles. The number of ether oxygens (including phenoxy) is 1. The van der Waals surface area contributed by atoms with Gasteiger partial charge in [0.15, 0.2) is 0 Å². The smallest absolute Gasteiger partial charge is 0.203 e. The number of aryl methyl sites for hydroxylation is 3. The molecule has 4 nitrogen and oxygen atoms in total. The third-order valence-electron chi connectivity index (χ3n) is 2.93. The molecular weight excluding hydrogens is 258 g/mol. The Bertz CT molecular complexity index is 479. The van der Waals surface area contributed by atoms with Gasteiger partial charge in [-0.2, -0.15) is 11.3 Å². The lowest BCUT2D eigenvalue weighted by Gasteiger charge is -2.09. The first-order valence-corrected chi connectivity index (χ1v) is 7.51. The topological polar surface area (TPSA) is 39.1 Å². The van der Waals surface area contributed by atoms with Crippen molar-refractivity contribution in [2.75, 3.05) is 25.6 Å². The normalized spacial score (nSPS) is 10.8. The number of rotatable bonds is 8. The quantitative estimate of drug-likeness (QED) is 0.755. The highest BCUT2D eigenvalue weighted by molar-refractivity contribution is 7.07. The number of hydrogen-bond donors (Lipinski definition) is 1. The van der Waals surface area contributed by atoms with Crippen molar-refractivity contribution < 1.29 is 4.74 Å². The third kappa shape index (κ3) is 4.36. The molecule has 2 heterocycles. The minimum Gasteiger partial charge on any atom is -0.385 e. The molecule has 0 aromatic carbocycles. The molecule has 2 aromatic heterocycles. The van der Waals surface area contributed by atoms with Crippen LogP contribution in [0.25, 0.3) is 0 Å². The lowest BCUT2D eigenvalue weighted by atomic mass is 10.2. The number of methoxy groups -OCH3 is 1. The number of aromatic nitrogens is 2. The molecule has 0 unspecified atom stereocenters. The van der Waals surface area contributed by atoms with Crippen LogP contribution in [0.2, 0.25) is 0 Å². The van der Waals surface area contributed by atoms with Gasteiger partial charge in [0.05, 0.1) is 5.69 Å². The van der Waals surface area contributed by atoms with Crippen LogP contribution in [0.1, 0.15) is 17.7 Å². The molecular formula is C14H21N3OS. The van der Waals surface area contributed by atoms with Gasteiger partial charge < -0.3 is 14.6 Å². The van der Waals surface area contributed by atoms with Crippen LogP contribution >= 0.6 is 11.3 Å². The van der Waals surface area contributed by atoms with Gasteiger partial charge in [0.25, 0.3) is 0 Å². The van der Waals surface area contributed by atoms with E-state index in [-0.39, 0.29) is 0 Å². The Morgan fingerprint density at radius 3 is 3.11 bits per heavy atom. The zero-order valence-corrected chi connectivity index (χ0v) is 12.4. The second-order valence-corrected chi connectivity index (χ2v) is 5.33. The molecule has 0 aliphatic heterocycles. The Hall–Kier alpha value is -1.33. The molecule has 0 amide bonds. The van der Waals surface area contributed by atoms with Gasteiger partial charge in [0, 0.05) is 33.0 Å². The summed E-state index contributed by atoms with van der Waals surface area (Å²) >= 11 is 1.75. The number of nitrogens with zero attached hydrogens (tertiary/aromatic N) is 2. The summed E-state index contributed by atoms with van der Waals surface area (Å²) in [6.45, 7) is 4.66. The molecule has 0 aliphatic rings. The van der Waals surface area contributed by atoms with Crippen molar-refractivity contribution in [2.24, 2.45) is 0 Å². The monoisotopic (exact) mass is 279 g/mol. The zero-order chi connectivity index (χ0) is 13.5. The van der Waals surface area contributed by atoms with Crippen molar-refractivity contribution in [2.45, 2.75) is 26.3 Å². The molecule has 104 valence electrons. The van der Waals surface area contributed by atoms with Gasteiger partial charge in [-0.1, -0.05) is 0 Å². The molecule has 0 aliphatic carbocycles. The lowest BCUT2D eigenvalue weighted by molar-refractivity contribution is 0.197. The maximum atomic E-state index is 5.05. The number of thiophene rings is 1. The number of imidazole rings is 1. The van der Waals surface area contributed by atoms with Crippen LogP contribution in [0.5, 0.6) is 0 Å². The van der Waals surface area contributed by atoms with E-state index < -0.39 is 0 Å². The summed E-state index contributed by atoms with van der Waals surface area (Å²) in [7, 11) is 1.73. The van der Waals surface area contributed by atoms with Crippen LogP contribution in [0.4, 0.5) is 5.95 Å². The minimum atomic E-state index is 0.779. The fourth-order valence-corrected chi connectivity index (χ4v) is 2.66. The molecule has 0 atom stereocenters. The number of nitrogens with one attached hydrogen (secondary N) is 1. The average molecular weight is 279 g/mol. The summed E-state index contributed by atoms with van der Waals surface area (Å²) < 4.78 is 7.24. The highest BCUT2D eigenvalue weighted by atomic mass is 32.1. The van der Waals surface area contributed by atoms with Crippen LogP contribution in [0.3, 0.4) is 0 Å².